The highest BCUT2D eigenvalue weighted by atomic mass is 32.2. The summed E-state index contributed by atoms with van der Waals surface area (Å²) in [6.45, 7) is 2.96. The van der Waals surface area contributed by atoms with Crippen molar-refractivity contribution in [2.45, 2.75) is 25.8 Å². The topological polar surface area (TPSA) is 29.5 Å². The van der Waals surface area contributed by atoms with Gasteiger partial charge in [0.1, 0.15) is 5.75 Å². The highest BCUT2D eigenvalue weighted by Crippen LogP contribution is 2.33. The van der Waals surface area contributed by atoms with Crippen molar-refractivity contribution in [3.8, 4) is 5.75 Å². The molecular formula is C15H21NO2S. The number of methoxy groups -OCH3 is 1. The highest BCUT2D eigenvalue weighted by molar-refractivity contribution is 7.99. The summed E-state index contributed by atoms with van der Waals surface area (Å²) in [4.78, 5) is 14.2. The van der Waals surface area contributed by atoms with E-state index in [9.17, 15) is 4.79 Å². The summed E-state index contributed by atoms with van der Waals surface area (Å²) >= 11 is 1.69. The number of thioether (sulfide) groups is 1. The molecule has 2 rings (SSSR count). The molecular weight excluding hydrogens is 258 g/mol. The molecule has 1 aliphatic rings. The van der Waals surface area contributed by atoms with E-state index in [2.05, 4.69) is 13.0 Å². The van der Waals surface area contributed by atoms with Crippen molar-refractivity contribution in [1.82, 2.24) is 4.90 Å². The Kier molecular flexibility index (Phi) is 5.14. The zero-order valence-corrected chi connectivity index (χ0v) is 12.4. The van der Waals surface area contributed by atoms with Crippen LogP contribution in [0.2, 0.25) is 0 Å². The van der Waals surface area contributed by atoms with E-state index in [4.69, 9.17) is 4.74 Å². The number of benzene rings is 1. The molecule has 104 valence electrons. The largest absolute Gasteiger partial charge is 0.497 e. The molecule has 0 unspecified atom stereocenters. The molecule has 0 radical (unpaired) electrons. The van der Waals surface area contributed by atoms with Crippen LogP contribution in [-0.2, 0) is 4.79 Å². The fourth-order valence-corrected chi connectivity index (χ4v) is 3.08. The average molecular weight is 279 g/mol. The number of amides is 1. The summed E-state index contributed by atoms with van der Waals surface area (Å²) in [6.07, 6.45) is 2.14. The first kappa shape index (κ1) is 14.3. The molecule has 0 N–H and O–H groups in total. The van der Waals surface area contributed by atoms with Gasteiger partial charge in [-0.15, -0.1) is 0 Å². The van der Waals surface area contributed by atoms with E-state index in [0.29, 0.717) is 5.75 Å². The molecule has 4 heteroatoms. The summed E-state index contributed by atoms with van der Waals surface area (Å²) in [5.41, 5.74) is 1.19. The molecule has 3 nitrogen and oxygen atoms in total. The van der Waals surface area contributed by atoms with Crippen molar-refractivity contribution in [2.75, 3.05) is 25.2 Å². The minimum atomic E-state index is 0.222. The quantitative estimate of drug-likeness (QED) is 0.829. The van der Waals surface area contributed by atoms with Crippen molar-refractivity contribution in [3.05, 3.63) is 29.8 Å². The van der Waals surface area contributed by atoms with E-state index in [1.54, 1.807) is 18.9 Å². The Hall–Kier alpha value is -1.16. The number of likely N-dealkylation sites (tertiary alicyclic amines) is 1. The minimum absolute atomic E-state index is 0.222. The molecule has 19 heavy (non-hydrogen) atoms. The Balaban J connectivity index is 2.11. The second kappa shape index (κ2) is 6.85. The molecule has 0 spiro atoms. The van der Waals surface area contributed by atoms with E-state index in [-0.39, 0.29) is 11.9 Å². The van der Waals surface area contributed by atoms with E-state index in [1.807, 2.05) is 23.1 Å². The fraction of sp³-hybridized carbons (Fsp3) is 0.533. The van der Waals surface area contributed by atoms with Gasteiger partial charge in [0.2, 0.25) is 5.91 Å². The van der Waals surface area contributed by atoms with Gasteiger partial charge in [0, 0.05) is 6.54 Å². The lowest BCUT2D eigenvalue weighted by Crippen LogP contribution is -2.32. The molecule has 0 saturated carbocycles. The maximum absolute atomic E-state index is 12.2. The van der Waals surface area contributed by atoms with E-state index in [1.165, 1.54) is 5.56 Å². The number of rotatable bonds is 5. The molecule has 0 aromatic heterocycles. The molecule has 1 aromatic rings. The molecule has 1 amide bonds. The van der Waals surface area contributed by atoms with Crippen LogP contribution in [0.15, 0.2) is 24.3 Å². The standard InChI is InChI=1S/C15H21NO2S/c1-3-19-11-15(17)16-9-5-8-14(16)12-6-4-7-13(10-12)18-2/h4,6-7,10,14H,3,5,8-9,11H2,1-2H3/t14-/m0/s1. The lowest BCUT2D eigenvalue weighted by molar-refractivity contribution is -0.129. The third-order valence-corrected chi connectivity index (χ3v) is 4.34. The Morgan fingerprint density at radius 2 is 2.37 bits per heavy atom. The molecule has 1 fully saturated rings. The van der Waals surface area contributed by atoms with Crippen molar-refractivity contribution >= 4 is 17.7 Å². The first-order valence-electron chi connectivity index (χ1n) is 6.77. The lowest BCUT2D eigenvalue weighted by atomic mass is 10.0. The Morgan fingerprint density at radius 1 is 1.53 bits per heavy atom. The summed E-state index contributed by atoms with van der Waals surface area (Å²) < 4.78 is 5.27. The second-order valence-electron chi connectivity index (χ2n) is 4.66. The van der Waals surface area contributed by atoms with Gasteiger partial charge in [-0.05, 0) is 36.3 Å². The number of carbonyl (C=O) groups excluding carboxylic acids is 1. The Labute approximate surface area is 119 Å². The zero-order valence-electron chi connectivity index (χ0n) is 11.6. The van der Waals surface area contributed by atoms with Crippen molar-refractivity contribution < 1.29 is 9.53 Å². The van der Waals surface area contributed by atoms with Crippen LogP contribution in [0.1, 0.15) is 31.4 Å². The van der Waals surface area contributed by atoms with Crippen LogP contribution >= 0.6 is 11.8 Å². The third kappa shape index (κ3) is 3.44. The number of hydrogen-bond acceptors (Lipinski definition) is 3. The molecule has 1 saturated heterocycles. The number of ether oxygens (including phenoxy) is 1. The zero-order chi connectivity index (χ0) is 13.7. The van der Waals surface area contributed by atoms with Crippen LogP contribution < -0.4 is 4.74 Å². The molecule has 1 atom stereocenters. The van der Waals surface area contributed by atoms with E-state index < -0.39 is 0 Å². The minimum Gasteiger partial charge on any atom is -0.497 e. The van der Waals surface area contributed by atoms with E-state index in [0.717, 1.165) is 30.9 Å². The first-order valence-corrected chi connectivity index (χ1v) is 7.93. The lowest BCUT2D eigenvalue weighted by Gasteiger charge is -2.25. The van der Waals surface area contributed by atoms with Crippen LogP contribution in [0.4, 0.5) is 0 Å². The van der Waals surface area contributed by atoms with Crippen LogP contribution in [0.5, 0.6) is 5.75 Å². The van der Waals surface area contributed by atoms with Crippen LogP contribution in [0.3, 0.4) is 0 Å². The Morgan fingerprint density at radius 3 is 3.11 bits per heavy atom. The average Bonchev–Trinajstić information content (AvgIpc) is 2.94. The normalized spacial score (nSPS) is 18.6. The molecule has 0 aliphatic carbocycles. The number of nitrogens with zero attached hydrogens (tertiary/aromatic N) is 1. The molecule has 1 aromatic carbocycles. The summed E-state index contributed by atoms with van der Waals surface area (Å²) in [5.74, 6) is 2.71. The molecule has 1 heterocycles. The summed E-state index contributed by atoms with van der Waals surface area (Å²) in [7, 11) is 1.68. The van der Waals surface area contributed by atoms with Gasteiger partial charge in [0.05, 0.1) is 18.9 Å². The van der Waals surface area contributed by atoms with Crippen molar-refractivity contribution in [3.63, 3.8) is 0 Å². The van der Waals surface area contributed by atoms with Crippen molar-refractivity contribution in [1.29, 1.82) is 0 Å². The van der Waals surface area contributed by atoms with Gasteiger partial charge in [-0.2, -0.15) is 11.8 Å². The van der Waals surface area contributed by atoms with Crippen molar-refractivity contribution in [2.24, 2.45) is 0 Å². The van der Waals surface area contributed by atoms with E-state index >= 15 is 0 Å². The monoisotopic (exact) mass is 279 g/mol. The second-order valence-corrected chi connectivity index (χ2v) is 5.93. The highest BCUT2D eigenvalue weighted by Gasteiger charge is 2.29. The van der Waals surface area contributed by atoms with Gasteiger partial charge in [0.15, 0.2) is 0 Å². The summed E-state index contributed by atoms with van der Waals surface area (Å²) in [6, 6.07) is 8.29. The fourth-order valence-electron chi connectivity index (χ4n) is 2.53. The van der Waals surface area contributed by atoms with Gasteiger partial charge < -0.3 is 9.64 Å². The van der Waals surface area contributed by atoms with Gasteiger partial charge in [-0.25, -0.2) is 0 Å². The van der Waals surface area contributed by atoms with Crippen LogP contribution in [0, 0.1) is 0 Å². The van der Waals surface area contributed by atoms with Crippen LogP contribution in [0.25, 0.3) is 0 Å². The van der Waals surface area contributed by atoms with Gasteiger partial charge in [0.25, 0.3) is 0 Å². The summed E-state index contributed by atoms with van der Waals surface area (Å²) in [5, 5.41) is 0. The predicted molar refractivity (Wildman–Crippen MR) is 79.7 cm³/mol. The molecule has 1 aliphatic heterocycles. The van der Waals surface area contributed by atoms with Gasteiger partial charge in [-0.1, -0.05) is 19.1 Å². The Bertz CT molecular complexity index is 436. The predicted octanol–water partition coefficient (Wildman–Crippen LogP) is 3.11. The van der Waals surface area contributed by atoms with Crippen LogP contribution in [-0.4, -0.2) is 36.0 Å². The van der Waals surface area contributed by atoms with Gasteiger partial charge in [-0.3, -0.25) is 4.79 Å². The van der Waals surface area contributed by atoms with Gasteiger partial charge >= 0.3 is 0 Å². The third-order valence-electron chi connectivity index (χ3n) is 3.48. The first-order chi connectivity index (χ1) is 9.26. The maximum Gasteiger partial charge on any atom is 0.233 e. The number of hydrogen-bond donors (Lipinski definition) is 0. The SMILES string of the molecule is CCSCC(=O)N1CCC[C@H]1c1cccc(OC)c1. The smallest absolute Gasteiger partial charge is 0.233 e. The number of carbonyl (C=O) groups is 1. The molecule has 0 bridgehead atoms. The maximum atomic E-state index is 12.2.